The van der Waals surface area contributed by atoms with Crippen LogP contribution < -0.4 is 0 Å². The molecule has 0 amide bonds. The highest BCUT2D eigenvalue weighted by Crippen LogP contribution is 2.44. The number of fused-ring (bicyclic) bond motifs is 1. The van der Waals surface area contributed by atoms with Gasteiger partial charge in [-0.3, -0.25) is 0 Å². The maximum absolute atomic E-state index is 5.39. The van der Waals surface area contributed by atoms with Crippen LogP contribution >= 0.6 is 24.8 Å². The number of benzene rings is 2. The molecule has 0 spiro atoms. The topological polar surface area (TPSA) is 15.6 Å². The molecule has 1 fully saturated rings. The van der Waals surface area contributed by atoms with Gasteiger partial charge in [-0.1, -0.05) is 72.9 Å². The Morgan fingerprint density at radius 2 is 1.76 bits per heavy atom. The molecule has 4 heteroatoms. The number of hydrazone groups is 1. The first-order valence-electron chi connectivity index (χ1n) is 8.65. The Bertz CT molecular complexity index is 827. The zero-order valence-corrected chi connectivity index (χ0v) is 15.6. The van der Waals surface area contributed by atoms with Gasteiger partial charge in [0.05, 0.1) is 11.8 Å². The highest BCUT2D eigenvalue weighted by atomic mass is 32.1. The largest absolute Gasteiger partial charge is 0.240 e. The minimum absolute atomic E-state index is 0.153. The quantitative estimate of drug-likeness (QED) is 0.559. The van der Waals surface area contributed by atoms with Crippen molar-refractivity contribution in [1.82, 2.24) is 5.01 Å². The van der Waals surface area contributed by atoms with Crippen LogP contribution in [0.1, 0.15) is 36.4 Å². The molecule has 2 atom stereocenters. The lowest BCUT2D eigenvalue weighted by Gasteiger charge is -2.29. The molecule has 1 heterocycles. The Labute approximate surface area is 159 Å². The van der Waals surface area contributed by atoms with Crippen LogP contribution in [-0.4, -0.2) is 15.0 Å². The molecule has 2 aliphatic rings. The van der Waals surface area contributed by atoms with Gasteiger partial charge in [-0.15, -0.1) is 12.6 Å². The van der Waals surface area contributed by atoms with Gasteiger partial charge in [0.25, 0.3) is 0 Å². The minimum Gasteiger partial charge on any atom is -0.240 e. The van der Waals surface area contributed by atoms with Crippen LogP contribution in [0.3, 0.4) is 0 Å². The number of allylic oxidation sites excluding steroid dienone is 1. The fraction of sp³-hybridized carbons (Fsp3) is 0.238. The van der Waals surface area contributed by atoms with Crippen LogP contribution in [0.5, 0.6) is 0 Å². The van der Waals surface area contributed by atoms with E-state index < -0.39 is 0 Å². The molecular weight excluding hydrogens is 344 g/mol. The van der Waals surface area contributed by atoms with Crippen molar-refractivity contribution in [2.75, 3.05) is 0 Å². The molecule has 0 radical (unpaired) electrons. The molecule has 0 aromatic heterocycles. The Morgan fingerprint density at radius 3 is 2.44 bits per heavy atom. The fourth-order valence-electron chi connectivity index (χ4n) is 3.89. The van der Waals surface area contributed by atoms with E-state index in [-0.39, 0.29) is 6.04 Å². The van der Waals surface area contributed by atoms with Crippen LogP contribution in [0.25, 0.3) is 6.08 Å². The van der Waals surface area contributed by atoms with Gasteiger partial charge in [0, 0.05) is 5.92 Å². The van der Waals surface area contributed by atoms with Gasteiger partial charge in [-0.05, 0) is 42.0 Å². The van der Waals surface area contributed by atoms with Gasteiger partial charge in [0.15, 0.2) is 4.32 Å². The summed E-state index contributed by atoms with van der Waals surface area (Å²) in [6.07, 6.45) is 5.66. The first kappa shape index (κ1) is 16.6. The summed E-state index contributed by atoms with van der Waals surface area (Å²) in [5, 5.41) is 6.84. The van der Waals surface area contributed by atoms with Crippen molar-refractivity contribution in [3.8, 4) is 0 Å². The average Bonchev–Trinajstić information content (AvgIpc) is 3.04. The SMILES string of the molecule is S=C(S)N1N=C2/C(=C/c3ccccc3)CCC[C@@H]2[C@H]1c1ccccc1. The third kappa shape index (κ3) is 3.29. The zero-order valence-electron chi connectivity index (χ0n) is 13.9. The van der Waals surface area contributed by atoms with Crippen LogP contribution in [0, 0.1) is 5.92 Å². The number of nitrogens with zero attached hydrogens (tertiary/aromatic N) is 2. The second-order valence-electron chi connectivity index (χ2n) is 6.55. The van der Waals surface area contributed by atoms with E-state index in [9.17, 15) is 0 Å². The molecule has 1 saturated carbocycles. The maximum Gasteiger partial charge on any atom is 0.154 e. The maximum atomic E-state index is 5.39. The van der Waals surface area contributed by atoms with Crippen molar-refractivity contribution in [2.24, 2.45) is 11.0 Å². The highest BCUT2D eigenvalue weighted by molar-refractivity contribution is 8.10. The molecule has 1 aliphatic heterocycles. The number of thiocarbonyl (C=S) groups is 1. The Hall–Kier alpha value is -1.91. The van der Waals surface area contributed by atoms with Crippen molar-refractivity contribution in [2.45, 2.75) is 25.3 Å². The molecule has 2 nitrogen and oxygen atoms in total. The normalized spacial score (nSPS) is 24.1. The second kappa shape index (κ2) is 7.14. The standard InChI is InChI=1S/C21H20N2S2/c24-21(25)23-20(16-10-5-2-6-11-16)18-13-7-12-17(19(18)22-23)14-15-8-3-1-4-9-15/h1-6,8-11,14,18,20H,7,12-13H2,(H,24,25)/b17-14+/t18-,20+/m0/s1. The lowest BCUT2D eigenvalue weighted by molar-refractivity contribution is 0.312. The van der Waals surface area contributed by atoms with E-state index in [0.29, 0.717) is 10.2 Å². The molecule has 2 aromatic rings. The van der Waals surface area contributed by atoms with Crippen molar-refractivity contribution in [1.29, 1.82) is 0 Å². The average molecular weight is 365 g/mol. The van der Waals surface area contributed by atoms with E-state index in [1.807, 2.05) is 17.1 Å². The lowest BCUT2D eigenvalue weighted by Crippen LogP contribution is -2.29. The molecule has 2 aromatic carbocycles. The van der Waals surface area contributed by atoms with Crippen LogP contribution in [0.4, 0.5) is 0 Å². The van der Waals surface area contributed by atoms with Gasteiger partial charge in [0.1, 0.15) is 0 Å². The Balaban J connectivity index is 1.74. The minimum atomic E-state index is 0.153. The smallest absolute Gasteiger partial charge is 0.154 e. The number of hydrogen-bond donors (Lipinski definition) is 1. The van der Waals surface area contributed by atoms with Crippen LogP contribution in [0.2, 0.25) is 0 Å². The van der Waals surface area contributed by atoms with E-state index >= 15 is 0 Å². The highest BCUT2D eigenvalue weighted by Gasteiger charge is 2.42. The number of hydrogen-bond acceptors (Lipinski definition) is 2. The van der Waals surface area contributed by atoms with Gasteiger partial charge in [-0.2, -0.15) is 5.10 Å². The van der Waals surface area contributed by atoms with Crippen molar-refractivity contribution in [3.05, 3.63) is 77.4 Å². The first-order chi connectivity index (χ1) is 12.2. The van der Waals surface area contributed by atoms with Crippen LogP contribution in [0.15, 0.2) is 71.3 Å². The van der Waals surface area contributed by atoms with Gasteiger partial charge >= 0.3 is 0 Å². The molecule has 25 heavy (non-hydrogen) atoms. The van der Waals surface area contributed by atoms with E-state index in [1.54, 1.807) is 0 Å². The molecule has 4 rings (SSSR count). The third-order valence-corrected chi connectivity index (χ3v) is 5.37. The van der Waals surface area contributed by atoms with Gasteiger partial charge in [-0.25, -0.2) is 5.01 Å². The fourth-order valence-corrected chi connectivity index (χ4v) is 4.22. The van der Waals surface area contributed by atoms with Gasteiger partial charge < -0.3 is 0 Å². The molecule has 0 bridgehead atoms. The zero-order chi connectivity index (χ0) is 17.2. The molecular formula is C21H20N2S2. The van der Waals surface area contributed by atoms with Crippen molar-refractivity contribution in [3.63, 3.8) is 0 Å². The predicted molar refractivity (Wildman–Crippen MR) is 112 cm³/mol. The number of rotatable bonds is 2. The molecule has 126 valence electrons. The monoisotopic (exact) mass is 364 g/mol. The summed E-state index contributed by atoms with van der Waals surface area (Å²) in [5.74, 6) is 0.371. The Kier molecular flexibility index (Phi) is 4.73. The summed E-state index contributed by atoms with van der Waals surface area (Å²) in [5.41, 5.74) is 4.99. The predicted octanol–water partition coefficient (Wildman–Crippen LogP) is 5.50. The lowest BCUT2D eigenvalue weighted by atomic mass is 9.77. The molecule has 1 aliphatic carbocycles. The summed E-state index contributed by atoms with van der Waals surface area (Å²) in [7, 11) is 0. The Morgan fingerprint density at radius 1 is 1.08 bits per heavy atom. The first-order valence-corrected chi connectivity index (χ1v) is 9.51. The van der Waals surface area contributed by atoms with Crippen LogP contribution in [-0.2, 0) is 0 Å². The third-order valence-electron chi connectivity index (χ3n) is 4.98. The van der Waals surface area contributed by atoms with E-state index in [4.69, 9.17) is 17.3 Å². The molecule has 0 unspecified atom stereocenters. The summed E-state index contributed by atoms with van der Waals surface area (Å²) < 4.78 is 0.537. The summed E-state index contributed by atoms with van der Waals surface area (Å²) >= 11 is 9.83. The van der Waals surface area contributed by atoms with E-state index in [2.05, 4.69) is 67.2 Å². The molecule has 0 saturated heterocycles. The van der Waals surface area contributed by atoms with E-state index in [0.717, 1.165) is 12.8 Å². The van der Waals surface area contributed by atoms with Gasteiger partial charge in [0.2, 0.25) is 0 Å². The molecule has 0 N–H and O–H groups in total. The summed E-state index contributed by atoms with van der Waals surface area (Å²) in [6, 6.07) is 21.2. The summed E-state index contributed by atoms with van der Waals surface area (Å²) in [6.45, 7) is 0. The summed E-state index contributed by atoms with van der Waals surface area (Å²) in [4.78, 5) is 0. The van der Waals surface area contributed by atoms with E-state index in [1.165, 1.54) is 28.8 Å². The van der Waals surface area contributed by atoms with Crippen molar-refractivity contribution < 1.29 is 0 Å². The second-order valence-corrected chi connectivity index (χ2v) is 7.66. The van der Waals surface area contributed by atoms with Crippen molar-refractivity contribution >= 4 is 41.0 Å². The number of thiol groups is 1.